The van der Waals surface area contributed by atoms with Crippen molar-refractivity contribution in [2.45, 2.75) is 45.6 Å². The number of benzene rings is 1. The summed E-state index contributed by atoms with van der Waals surface area (Å²) < 4.78 is 0. The molecule has 1 heterocycles. The van der Waals surface area contributed by atoms with Gasteiger partial charge in [-0.25, -0.2) is 0 Å². The van der Waals surface area contributed by atoms with Crippen LogP contribution in [0.25, 0.3) is 0 Å². The minimum Gasteiger partial charge on any atom is -0.350 e. The SMILES string of the molecule is Cc1c(C(=O)NC(C)C)cccc1C1CCNCC1. The molecular formula is C16H24N2O. The zero-order valence-corrected chi connectivity index (χ0v) is 12.1. The van der Waals surface area contributed by atoms with Crippen molar-refractivity contribution in [3.63, 3.8) is 0 Å². The Kier molecular flexibility index (Phi) is 4.59. The molecule has 0 bridgehead atoms. The number of carbonyl (C=O) groups is 1. The third-order valence-electron chi connectivity index (χ3n) is 3.82. The Labute approximate surface area is 115 Å². The van der Waals surface area contributed by atoms with Gasteiger partial charge in [0.15, 0.2) is 0 Å². The van der Waals surface area contributed by atoms with Gasteiger partial charge in [0.25, 0.3) is 5.91 Å². The van der Waals surface area contributed by atoms with Crippen LogP contribution in [0.1, 0.15) is 54.1 Å². The normalized spacial score (nSPS) is 16.6. The van der Waals surface area contributed by atoms with Crippen LogP contribution in [0.4, 0.5) is 0 Å². The van der Waals surface area contributed by atoms with Gasteiger partial charge in [0, 0.05) is 11.6 Å². The Bertz CT molecular complexity index is 448. The van der Waals surface area contributed by atoms with Crippen molar-refractivity contribution in [2.75, 3.05) is 13.1 Å². The number of nitrogens with one attached hydrogen (secondary N) is 2. The van der Waals surface area contributed by atoms with Crippen LogP contribution in [-0.2, 0) is 0 Å². The Balaban J connectivity index is 2.24. The molecule has 0 radical (unpaired) electrons. The fourth-order valence-corrected chi connectivity index (χ4v) is 2.81. The topological polar surface area (TPSA) is 41.1 Å². The van der Waals surface area contributed by atoms with Gasteiger partial charge >= 0.3 is 0 Å². The molecule has 0 atom stereocenters. The maximum absolute atomic E-state index is 12.2. The van der Waals surface area contributed by atoms with Crippen LogP contribution in [0.3, 0.4) is 0 Å². The van der Waals surface area contributed by atoms with E-state index < -0.39 is 0 Å². The van der Waals surface area contributed by atoms with Crippen LogP contribution < -0.4 is 10.6 Å². The van der Waals surface area contributed by atoms with Crippen molar-refractivity contribution in [1.29, 1.82) is 0 Å². The van der Waals surface area contributed by atoms with Gasteiger partial charge in [-0.15, -0.1) is 0 Å². The number of rotatable bonds is 3. The summed E-state index contributed by atoms with van der Waals surface area (Å²) in [6, 6.07) is 6.30. The molecule has 1 amide bonds. The molecule has 1 fully saturated rings. The fourth-order valence-electron chi connectivity index (χ4n) is 2.81. The molecule has 0 spiro atoms. The third-order valence-corrected chi connectivity index (χ3v) is 3.82. The van der Waals surface area contributed by atoms with Crippen LogP contribution in [0.15, 0.2) is 18.2 Å². The zero-order chi connectivity index (χ0) is 13.8. The number of hydrogen-bond donors (Lipinski definition) is 2. The smallest absolute Gasteiger partial charge is 0.251 e. The fraction of sp³-hybridized carbons (Fsp3) is 0.562. The van der Waals surface area contributed by atoms with Gasteiger partial charge in [-0.05, 0) is 69.8 Å². The number of hydrogen-bond acceptors (Lipinski definition) is 2. The van der Waals surface area contributed by atoms with Crippen LogP contribution in [0.5, 0.6) is 0 Å². The first-order valence-electron chi connectivity index (χ1n) is 7.20. The summed E-state index contributed by atoms with van der Waals surface area (Å²) in [5.41, 5.74) is 3.31. The monoisotopic (exact) mass is 260 g/mol. The van der Waals surface area contributed by atoms with Crippen molar-refractivity contribution in [1.82, 2.24) is 10.6 Å². The van der Waals surface area contributed by atoms with E-state index in [2.05, 4.69) is 23.6 Å². The Morgan fingerprint density at radius 2 is 2.00 bits per heavy atom. The quantitative estimate of drug-likeness (QED) is 0.877. The summed E-state index contributed by atoms with van der Waals surface area (Å²) in [6.45, 7) is 8.21. The maximum atomic E-state index is 12.2. The zero-order valence-electron chi connectivity index (χ0n) is 12.1. The predicted molar refractivity (Wildman–Crippen MR) is 78.6 cm³/mol. The summed E-state index contributed by atoms with van der Waals surface area (Å²) in [5, 5.41) is 6.37. The third kappa shape index (κ3) is 3.35. The minimum absolute atomic E-state index is 0.0447. The van der Waals surface area contributed by atoms with Gasteiger partial charge in [-0.3, -0.25) is 4.79 Å². The highest BCUT2D eigenvalue weighted by atomic mass is 16.1. The molecule has 1 aromatic carbocycles. The Morgan fingerprint density at radius 3 is 2.63 bits per heavy atom. The molecule has 19 heavy (non-hydrogen) atoms. The molecule has 104 valence electrons. The predicted octanol–water partition coefficient (Wildman–Crippen LogP) is 2.60. The largest absolute Gasteiger partial charge is 0.350 e. The van der Waals surface area contributed by atoms with Crippen molar-refractivity contribution < 1.29 is 4.79 Å². The van der Waals surface area contributed by atoms with E-state index in [1.165, 1.54) is 5.56 Å². The first kappa shape index (κ1) is 14.1. The second-order valence-electron chi connectivity index (χ2n) is 5.67. The van der Waals surface area contributed by atoms with E-state index in [-0.39, 0.29) is 11.9 Å². The summed E-state index contributed by atoms with van der Waals surface area (Å²) in [7, 11) is 0. The summed E-state index contributed by atoms with van der Waals surface area (Å²) in [5.74, 6) is 0.635. The number of piperidine rings is 1. The first-order chi connectivity index (χ1) is 9.09. The van der Waals surface area contributed by atoms with Crippen LogP contribution in [-0.4, -0.2) is 25.0 Å². The number of carbonyl (C=O) groups excluding carboxylic acids is 1. The molecular weight excluding hydrogens is 236 g/mol. The molecule has 2 rings (SSSR count). The van der Waals surface area contributed by atoms with Gasteiger partial charge in [0.05, 0.1) is 0 Å². The lowest BCUT2D eigenvalue weighted by Crippen LogP contribution is -2.31. The van der Waals surface area contributed by atoms with Gasteiger partial charge < -0.3 is 10.6 Å². The summed E-state index contributed by atoms with van der Waals surface area (Å²) in [6.07, 6.45) is 2.33. The molecule has 0 aliphatic carbocycles. The maximum Gasteiger partial charge on any atom is 0.251 e. The van der Waals surface area contributed by atoms with Crippen LogP contribution in [0, 0.1) is 6.92 Å². The van der Waals surface area contributed by atoms with E-state index in [1.807, 2.05) is 26.0 Å². The molecule has 1 aliphatic heterocycles. The van der Waals surface area contributed by atoms with Gasteiger partial charge in [-0.1, -0.05) is 12.1 Å². The van der Waals surface area contributed by atoms with E-state index in [4.69, 9.17) is 0 Å². The minimum atomic E-state index is 0.0447. The van der Waals surface area contributed by atoms with Crippen molar-refractivity contribution in [3.05, 3.63) is 34.9 Å². The van der Waals surface area contributed by atoms with Gasteiger partial charge in [0.2, 0.25) is 0 Å². The van der Waals surface area contributed by atoms with E-state index in [1.54, 1.807) is 0 Å². The molecule has 3 heteroatoms. The highest BCUT2D eigenvalue weighted by molar-refractivity contribution is 5.96. The highest BCUT2D eigenvalue weighted by Crippen LogP contribution is 2.29. The van der Waals surface area contributed by atoms with Crippen LogP contribution in [0.2, 0.25) is 0 Å². The average Bonchev–Trinajstić information content (AvgIpc) is 2.39. The van der Waals surface area contributed by atoms with Crippen molar-refractivity contribution >= 4 is 5.91 Å². The molecule has 0 unspecified atom stereocenters. The average molecular weight is 260 g/mol. The van der Waals surface area contributed by atoms with E-state index in [0.717, 1.165) is 37.1 Å². The Morgan fingerprint density at radius 1 is 1.32 bits per heavy atom. The standard InChI is InChI=1S/C16H24N2O/c1-11(2)18-16(19)15-6-4-5-14(12(15)3)13-7-9-17-10-8-13/h4-6,11,13,17H,7-10H2,1-3H3,(H,18,19). The van der Waals surface area contributed by atoms with E-state index >= 15 is 0 Å². The number of amides is 1. The molecule has 0 aromatic heterocycles. The summed E-state index contributed by atoms with van der Waals surface area (Å²) >= 11 is 0. The molecule has 3 nitrogen and oxygen atoms in total. The van der Waals surface area contributed by atoms with Crippen molar-refractivity contribution in [3.8, 4) is 0 Å². The van der Waals surface area contributed by atoms with E-state index in [0.29, 0.717) is 5.92 Å². The highest BCUT2D eigenvalue weighted by Gasteiger charge is 2.20. The first-order valence-corrected chi connectivity index (χ1v) is 7.20. The molecule has 1 aromatic rings. The molecule has 0 saturated carbocycles. The van der Waals surface area contributed by atoms with Gasteiger partial charge in [-0.2, -0.15) is 0 Å². The lowest BCUT2D eigenvalue weighted by atomic mass is 9.86. The molecule has 1 aliphatic rings. The second-order valence-corrected chi connectivity index (χ2v) is 5.67. The van der Waals surface area contributed by atoms with Crippen molar-refractivity contribution in [2.24, 2.45) is 0 Å². The lowest BCUT2D eigenvalue weighted by molar-refractivity contribution is 0.0942. The van der Waals surface area contributed by atoms with Crippen LogP contribution >= 0.6 is 0 Å². The Hall–Kier alpha value is -1.35. The van der Waals surface area contributed by atoms with E-state index in [9.17, 15) is 4.79 Å². The van der Waals surface area contributed by atoms with Gasteiger partial charge in [0.1, 0.15) is 0 Å². The molecule has 2 N–H and O–H groups in total. The summed E-state index contributed by atoms with van der Waals surface area (Å²) in [4.78, 5) is 12.2. The molecule has 1 saturated heterocycles. The second kappa shape index (κ2) is 6.20. The lowest BCUT2D eigenvalue weighted by Gasteiger charge is -2.25.